The van der Waals surface area contributed by atoms with E-state index in [1.54, 1.807) is 0 Å². The molecule has 2 nitrogen and oxygen atoms in total. The number of hydrogen-bond donors (Lipinski definition) is 2. The summed E-state index contributed by atoms with van der Waals surface area (Å²) < 4.78 is 27.4. The lowest BCUT2D eigenvalue weighted by Gasteiger charge is -2.04. The Labute approximate surface area is 112 Å². The molecule has 0 saturated carbocycles. The number of para-hydroxylation sites is 1. The lowest BCUT2D eigenvalue weighted by atomic mass is 10.3. The largest absolute Gasteiger partial charge is 0.399 e. The monoisotopic (exact) mass is 276 g/mol. The number of nitrogens with one attached hydrogen (secondary N) is 1. The number of fused-ring (bicyclic) bond motifs is 1. The summed E-state index contributed by atoms with van der Waals surface area (Å²) in [5.74, 6) is -1.30. The number of rotatable bonds is 2. The van der Waals surface area contributed by atoms with E-state index >= 15 is 0 Å². The molecule has 3 N–H and O–H groups in total. The Hall–Kier alpha value is -2.01. The van der Waals surface area contributed by atoms with Crippen LogP contribution in [0.5, 0.6) is 0 Å². The zero-order valence-electron chi connectivity index (χ0n) is 9.78. The quantitative estimate of drug-likeness (QED) is 0.689. The standard InChI is InChI=1S/C14H10F2N2S/c15-10-6-9(17)7-11(16)14(10)19-13-5-8-3-1-2-4-12(8)18-13/h1-7,18H,17H2. The average Bonchev–Trinajstić information content (AvgIpc) is 2.76. The van der Waals surface area contributed by atoms with Crippen LogP contribution in [0.4, 0.5) is 14.5 Å². The predicted octanol–water partition coefficient (Wildman–Crippen LogP) is 4.18. The molecule has 5 heteroatoms. The zero-order valence-corrected chi connectivity index (χ0v) is 10.6. The molecule has 2 aromatic carbocycles. The van der Waals surface area contributed by atoms with Gasteiger partial charge in [-0.3, -0.25) is 0 Å². The third kappa shape index (κ3) is 2.29. The molecule has 0 unspecified atom stereocenters. The molecule has 3 rings (SSSR count). The van der Waals surface area contributed by atoms with Crippen molar-refractivity contribution in [1.82, 2.24) is 4.98 Å². The van der Waals surface area contributed by atoms with E-state index in [0.29, 0.717) is 5.03 Å². The molecule has 0 spiro atoms. The molecule has 0 aliphatic heterocycles. The van der Waals surface area contributed by atoms with Gasteiger partial charge in [-0.1, -0.05) is 30.0 Å². The molecule has 3 aromatic rings. The fourth-order valence-corrected chi connectivity index (χ4v) is 2.77. The van der Waals surface area contributed by atoms with E-state index in [9.17, 15) is 8.78 Å². The number of nitrogen functional groups attached to an aromatic ring is 1. The maximum absolute atomic E-state index is 13.7. The van der Waals surface area contributed by atoms with Gasteiger partial charge in [0.2, 0.25) is 0 Å². The highest BCUT2D eigenvalue weighted by atomic mass is 32.2. The summed E-state index contributed by atoms with van der Waals surface area (Å²) in [6.45, 7) is 0. The molecule has 0 bridgehead atoms. The van der Waals surface area contributed by atoms with E-state index in [1.165, 1.54) is 0 Å². The van der Waals surface area contributed by atoms with Gasteiger partial charge in [-0.2, -0.15) is 0 Å². The lowest BCUT2D eigenvalue weighted by molar-refractivity contribution is 0.541. The molecule has 0 amide bonds. The van der Waals surface area contributed by atoms with Crippen molar-refractivity contribution in [3.05, 3.63) is 54.1 Å². The fraction of sp³-hybridized carbons (Fsp3) is 0. The molecule has 1 aromatic heterocycles. The fourth-order valence-electron chi connectivity index (χ4n) is 1.89. The van der Waals surface area contributed by atoms with Gasteiger partial charge in [0.05, 0.1) is 9.92 Å². The number of anilines is 1. The second kappa shape index (κ2) is 4.59. The highest BCUT2D eigenvalue weighted by molar-refractivity contribution is 7.99. The van der Waals surface area contributed by atoms with Crippen molar-refractivity contribution in [3.63, 3.8) is 0 Å². The summed E-state index contributed by atoms with van der Waals surface area (Å²) in [6, 6.07) is 11.8. The van der Waals surface area contributed by atoms with Gasteiger partial charge in [0.15, 0.2) is 0 Å². The third-order valence-electron chi connectivity index (χ3n) is 2.74. The summed E-state index contributed by atoms with van der Waals surface area (Å²) in [5.41, 5.74) is 6.40. The first-order valence-corrected chi connectivity index (χ1v) is 6.45. The first-order valence-electron chi connectivity index (χ1n) is 5.63. The van der Waals surface area contributed by atoms with Crippen LogP contribution in [0.1, 0.15) is 0 Å². The van der Waals surface area contributed by atoms with Crippen molar-refractivity contribution < 1.29 is 8.78 Å². The van der Waals surface area contributed by atoms with Crippen LogP contribution in [-0.4, -0.2) is 4.98 Å². The Kier molecular flexibility index (Phi) is 2.91. The van der Waals surface area contributed by atoms with Crippen LogP contribution < -0.4 is 5.73 Å². The van der Waals surface area contributed by atoms with E-state index in [4.69, 9.17) is 5.73 Å². The molecule has 0 fully saturated rings. The van der Waals surface area contributed by atoms with Gasteiger partial charge < -0.3 is 10.7 Å². The lowest BCUT2D eigenvalue weighted by Crippen LogP contribution is -1.92. The van der Waals surface area contributed by atoms with E-state index < -0.39 is 11.6 Å². The number of nitrogens with two attached hydrogens (primary N) is 1. The summed E-state index contributed by atoms with van der Waals surface area (Å²) in [4.78, 5) is 3.06. The maximum atomic E-state index is 13.7. The van der Waals surface area contributed by atoms with E-state index in [-0.39, 0.29) is 10.6 Å². The highest BCUT2D eigenvalue weighted by Gasteiger charge is 2.13. The van der Waals surface area contributed by atoms with Crippen LogP contribution in [0.25, 0.3) is 10.9 Å². The zero-order chi connectivity index (χ0) is 13.4. The molecule has 19 heavy (non-hydrogen) atoms. The number of halogens is 2. The minimum Gasteiger partial charge on any atom is -0.399 e. The summed E-state index contributed by atoms with van der Waals surface area (Å²) in [5, 5.41) is 1.69. The van der Waals surface area contributed by atoms with Crippen LogP contribution in [0.2, 0.25) is 0 Å². The molecule has 96 valence electrons. The smallest absolute Gasteiger partial charge is 0.142 e. The number of H-pyrrole nitrogens is 1. The SMILES string of the molecule is Nc1cc(F)c(Sc2cc3ccccc3[nH]2)c(F)c1. The summed E-state index contributed by atoms with van der Waals surface area (Å²) in [6.07, 6.45) is 0. The van der Waals surface area contributed by atoms with Gasteiger partial charge in [-0.25, -0.2) is 8.78 Å². The first-order chi connectivity index (χ1) is 9.13. The number of aromatic amines is 1. The number of hydrogen-bond acceptors (Lipinski definition) is 2. The molecule has 0 aliphatic rings. The Morgan fingerprint density at radius 2 is 1.68 bits per heavy atom. The van der Waals surface area contributed by atoms with Gasteiger partial charge in [0, 0.05) is 16.6 Å². The average molecular weight is 276 g/mol. The summed E-state index contributed by atoms with van der Waals surface area (Å²) in [7, 11) is 0. The van der Waals surface area contributed by atoms with Crippen LogP contribution in [0.15, 0.2) is 52.4 Å². The van der Waals surface area contributed by atoms with Crippen LogP contribution >= 0.6 is 11.8 Å². The summed E-state index contributed by atoms with van der Waals surface area (Å²) >= 11 is 1.01. The second-order valence-corrected chi connectivity index (χ2v) is 5.19. The minimum atomic E-state index is -0.652. The Balaban J connectivity index is 2.01. The van der Waals surface area contributed by atoms with Gasteiger partial charge in [-0.05, 0) is 24.3 Å². The van der Waals surface area contributed by atoms with Gasteiger partial charge in [0.25, 0.3) is 0 Å². The van der Waals surface area contributed by atoms with Gasteiger partial charge in [0.1, 0.15) is 11.6 Å². The van der Waals surface area contributed by atoms with E-state index in [2.05, 4.69) is 4.98 Å². The van der Waals surface area contributed by atoms with Crippen molar-refractivity contribution >= 4 is 28.4 Å². The van der Waals surface area contributed by atoms with Crippen molar-refractivity contribution in [2.75, 3.05) is 5.73 Å². The molecule has 0 atom stereocenters. The highest BCUT2D eigenvalue weighted by Crippen LogP contribution is 2.34. The molecular formula is C14H10F2N2S. The minimum absolute atomic E-state index is 0.0549. The van der Waals surface area contributed by atoms with Gasteiger partial charge >= 0.3 is 0 Å². The Bertz CT molecular complexity index is 696. The van der Waals surface area contributed by atoms with Crippen molar-refractivity contribution in [3.8, 4) is 0 Å². The molecular weight excluding hydrogens is 266 g/mol. The number of aromatic nitrogens is 1. The molecule has 0 saturated heterocycles. The van der Waals surface area contributed by atoms with Crippen molar-refractivity contribution in [1.29, 1.82) is 0 Å². The predicted molar refractivity (Wildman–Crippen MR) is 73.2 cm³/mol. The van der Waals surface area contributed by atoms with Crippen LogP contribution in [0, 0.1) is 11.6 Å². The second-order valence-electron chi connectivity index (χ2n) is 4.14. The Morgan fingerprint density at radius 3 is 2.37 bits per heavy atom. The van der Waals surface area contributed by atoms with Crippen LogP contribution in [0.3, 0.4) is 0 Å². The molecule has 0 radical (unpaired) electrons. The maximum Gasteiger partial charge on any atom is 0.142 e. The molecule has 1 heterocycles. The topological polar surface area (TPSA) is 41.8 Å². The Morgan fingerprint density at radius 1 is 1.00 bits per heavy atom. The van der Waals surface area contributed by atoms with Crippen molar-refractivity contribution in [2.45, 2.75) is 9.92 Å². The third-order valence-corrected chi connectivity index (χ3v) is 3.77. The normalized spacial score (nSPS) is 11.1. The molecule has 0 aliphatic carbocycles. The van der Waals surface area contributed by atoms with Gasteiger partial charge in [-0.15, -0.1) is 0 Å². The van der Waals surface area contributed by atoms with Crippen LogP contribution in [-0.2, 0) is 0 Å². The first kappa shape index (κ1) is 12.0. The van der Waals surface area contributed by atoms with E-state index in [1.807, 2.05) is 30.3 Å². The number of benzene rings is 2. The van der Waals surface area contributed by atoms with Crippen molar-refractivity contribution in [2.24, 2.45) is 0 Å². The van der Waals surface area contributed by atoms with E-state index in [0.717, 1.165) is 34.8 Å².